The Morgan fingerprint density at radius 1 is 1.48 bits per heavy atom. The molecular formula is C15H25N3O2S. The van der Waals surface area contributed by atoms with Gasteiger partial charge in [-0.25, -0.2) is 9.78 Å². The SMILES string of the molecule is CCCN(Cc1csc(C(=O)OCC)n1)C1CCNCC1. The molecule has 0 amide bonds. The quantitative estimate of drug-likeness (QED) is 0.783. The summed E-state index contributed by atoms with van der Waals surface area (Å²) < 4.78 is 5.00. The normalized spacial score (nSPS) is 16.3. The molecule has 2 rings (SSSR count). The third-order valence-electron chi connectivity index (χ3n) is 3.70. The Hall–Kier alpha value is -0.980. The first kappa shape index (κ1) is 16.4. The highest BCUT2D eigenvalue weighted by Gasteiger charge is 2.22. The maximum absolute atomic E-state index is 11.7. The van der Waals surface area contributed by atoms with E-state index in [0.717, 1.165) is 38.3 Å². The van der Waals surface area contributed by atoms with Gasteiger partial charge in [-0.15, -0.1) is 11.3 Å². The van der Waals surface area contributed by atoms with E-state index in [4.69, 9.17) is 4.74 Å². The van der Waals surface area contributed by atoms with Gasteiger partial charge in [-0.1, -0.05) is 6.92 Å². The summed E-state index contributed by atoms with van der Waals surface area (Å²) >= 11 is 1.38. The molecule has 6 heteroatoms. The zero-order valence-electron chi connectivity index (χ0n) is 12.9. The number of piperidine rings is 1. The van der Waals surface area contributed by atoms with Crippen LogP contribution in [0.4, 0.5) is 0 Å². The topological polar surface area (TPSA) is 54.5 Å². The van der Waals surface area contributed by atoms with E-state index in [1.54, 1.807) is 0 Å². The number of ether oxygens (including phenoxy) is 1. The van der Waals surface area contributed by atoms with Gasteiger partial charge in [0.15, 0.2) is 0 Å². The van der Waals surface area contributed by atoms with Crippen molar-refractivity contribution in [3.63, 3.8) is 0 Å². The van der Waals surface area contributed by atoms with Gasteiger partial charge < -0.3 is 10.1 Å². The molecule has 1 N–H and O–H groups in total. The van der Waals surface area contributed by atoms with Crippen molar-refractivity contribution in [3.05, 3.63) is 16.1 Å². The average Bonchev–Trinajstić information content (AvgIpc) is 2.97. The van der Waals surface area contributed by atoms with Gasteiger partial charge in [0.25, 0.3) is 0 Å². The van der Waals surface area contributed by atoms with Gasteiger partial charge in [0.05, 0.1) is 12.3 Å². The molecule has 0 bridgehead atoms. The zero-order chi connectivity index (χ0) is 15.1. The second-order valence-corrected chi connectivity index (χ2v) is 6.17. The van der Waals surface area contributed by atoms with Gasteiger partial charge in [0.1, 0.15) is 0 Å². The number of esters is 1. The van der Waals surface area contributed by atoms with Crippen LogP contribution in [-0.2, 0) is 11.3 Å². The molecule has 21 heavy (non-hydrogen) atoms. The summed E-state index contributed by atoms with van der Waals surface area (Å²) in [5.74, 6) is -0.308. The summed E-state index contributed by atoms with van der Waals surface area (Å²) in [5, 5.41) is 5.86. The lowest BCUT2D eigenvalue weighted by molar-refractivity contribution is 0.0525. The summed E-state index contributed by atoms with van der Waals surface area (Å²) in [4.78, 5) is 18.6. The molecule has 0 aromatic carbocycles. The molecule has 0 aliphatic carbocycles. The van der Waals surface area contributed by atoms with E-state index in [1.807, 2.05) is 12.3 Å². The van der Waals surface area contributed by atoms with Crippen molar-refractivity contribution in [1.82, 2.24) is 15.2 Å². The Labute approximate surface area is 130 Å². The Balaban J connectivity index is 1.97. The van der Waals surface area contributed by atoms with Crippen molar-refractivity contribution in [2.45, 2.75) is 45.7 Å². The van der Waals surface area contributed by atoms with Crippen molar-refractivity contribution >= 4 is 17.3 Å². The number of hydrogen-bond donors (Lipinski definition) is 1. The van der Waals surface area contributed by atoms with Gasteiger partial charge in [-0.05, 0) is 45.8 Å². The van der Waals surface area contributed by atoms with Crippen molar-refractivity contribution in [2.24, 2.45) is 0 Å². The summed E-state index contributed by atoms with van der Waals surface area (Å²) in [5.41, 5.74) is 0.982. The molecule has 0 spiro atoms. The molecule has 5 nitrogen and oxygen atoms in total. The van der Waals surface area contributed by atoms with Gasteiger partial charge >= 0.3 is 5.97 Å². The number of carbonyl (C=O) groups excluding carboxylic acids is 1. The lowest BCUT2D eigenvalue weighted by Gasteiger charge is -2.34. The number of rotatable bonds is 7. The summed E-state index contributed by atoms with van der Waals surface area (Å²) in [6.45, 7) is 8.51. The monoisotopic (exact) mass is 311 g/mol. The Kier molecular flexibility index (Phi) is 6.60. The highest BCUT2D eigenvalue weighted by Crippen LogP contribution is 2.18. The smallest absolute Gasteiger partial charge is 0.367 e. The molecule has 1 saturated heterocycles. The molecule has 0 unspecified atom stereocenters. The number of nitrogens with zero attached hydrogens (tertiary/aromatic N) is 2. The van der Waals surface area contributed by atoms with E-state index in [9.17, 15) is 4.79 Å². The van der Waals surface area contributed by atoms with Gasteiger partial charge in [-0.3, -0.25) is 4.90 Å². The van der Waals surface area contributed by atoms with Crippen LogP contribution in [0.3, 0.4) is 0 Å². The van der Waals surface area contributed by atoms with E-state index in [0.29, 0.717) is 17.7 Å². The average molecular weight is 311 g/mol. The minimum absolute atomic E-state index is 0.308. The first-order valence-corrected chi connectivity index (χ1v) is 8.68. The van der Waals surface area contributed by atoms with Crippen LogP contribution in [0.15, 0.2) is 5.38 Å². The fraction of sp³-hybridized carbons (Fsp3) is 0.733. The molecule has 1 fully saturated rings. The molecule has 1 aliphatic heterocycles. The predicted molar refractivity (Wildman–Crippen MR) is 84.7 cm³/mol. The number of thiazole rings is 1. The predicted octanol–water partition coefficient (Wildman–Crippen LogP) is 2.28. The maximum atomic E-state index is 11.7. The first-order valence-electron chi connectivity index (χ1n) is 7.80. The van der Waals surface area contributed by atoms with Gasteiger partial charge in [-0.2, -0.15) is 0 Å². The zero-order valence-corrected chi connectivity index (χ0v) is 13.7. The van der Waals surface area contributed by atoms with E-state index in [1.165, 1.54) is 24.2 Å². The van der Waals surface area contributed by atoms with E-state index in [2.05, 4.69) is 22.1 Å². The van der Waals surface area contributed by atoms with Crippen LogP contribution in [-0.4, -0.2) is 48.1 Å². The summed E-state index contributed by atoms with van der Waals surface area (Å²) in [7, 11) is 0. The van der Waals surface area contributed by atoms with E-state index in [-0.39, 0.29) is 5.97 Å². The fourth-order valence-corrected chi connectivity index (χ4v) is 3.42. The second kappa shape index (κ2) is 8.46. The third-order valence-corrected chi connectivity index (χ3v) is 4.57. The number of aromatic nitrogens is 1. The van der Waals surface area contributed by atoms with Crippen molar-refractivity contribution < 1.29 is 9.53 Å². The molecule has 0 radical (unpaired) electrons. The molecule has 118 valence electrons. The number of hydrogen-bond acceptors (Lipinski definition) is 6. The Morgan fingerprint density at radius 2 is 2.24 bits per heavy atom. The minimum Gasteiger partial charge on any atom is -0.461 e. The first-order chi connectivity index (χ1) is 10.2. The number of carbonyl (C=O) groups is 1. The lowest BCUT2D eigenvalue weighted by atomic mass is 10.0. The van der Waals surface area contributed by atoms with Crippen LogP contribution >= 0.6 is 11.3 Å². The van der Waals surface area contributed by atoms with Crippen molar-refractivity contribution in [3.8, 4) is 0 Å². The summed E-state index contributed by atoms with van der Waals surface area (Å²) in [6, 6.07) is 0.624. The fourth-order valence-electron chi connectivity index (χ4n) is 2.72. The largest absolute Gasteiger partial charge is 0.461 e. The van der Waals surface area contributed by atoms with Crippen LogP contribution in [0.2, 0.25) is 0 Å². The van der Waals surface area contributed by atoms with Crippen molar-refractivity contribution in [1.29, 1.82) is 0 Å². The number of nitrogens with one attached hydrogen (secondary N) is 1. The maximum Gasteiger partial charge on any atom is 0.367 e. The molecule has 1 aromatic rings. The Morgan fingerprint density at radius 3 is 2.90 bits per heavy atom. The summed E-state index contributed by atoms with van der Waals surface area (Å²) in [6.07, 6.45) is 3.52. The molecule has 1 aliphatic rings. The molecular weight excluding hydrogens is 286 g/mol. The minimum atomic E-state index is -0.308. The molecule has 0 atom stereocenters. The van der Waals surface area contributed by atoms with Gasteiger partial charge in [0, 0.05) is 18.0 Å². The molecule has 1 aromatic heterocycles. The lowest BCUT2D eigenvalue weighted by Crippen LogP contribution is -2.43. The standard InChI is InChI=1S/C15H25N3O2S/c1-3-9-18(13-5-7-16-8-6-13)10-12-11-21-14(17-12)15(19)20-4-2/h11,13,16H,3-10H2,1-2H3. The van der Waals surface area contributed by atoms with Gasteiger partial charge in [0.2, 0.25) is 5.01 Å². The van der Waals surface area contributed by atoms with Crippen molar-refractivity contribution in [2.75, 3.05) is 26.2 Å². The Bertz CT molecular complexity index is 444. The third kappa shape index (κ3) is 4.76. The molecule has 0 saturated carbocycles. The highest BCUT2D eigenvalue weighted by molar-refractivity contribution is 7.11. The van der Waals surface area contributed by atoms with E-state index < -0.39 is 0 Å². The highest BCUT2D eigenvalue weighted by atomic mass is 32.1. The van der Waals surface area contributed by atoms with Crippen LogP contribution < -0.4 is 5.32 Å². The molecule has 2 heterocycles. The van der Waals surface area contributed by atoms with E-state index >= 15 is 0 Å². The second-order valence-electron chi connectivity index (χ2n) is 5.32. The van der Waals surface area contributed by atoms with Crippen LogP contribution in [0.1, 0.15) is 48.6 Å². The van der Waals surface area contributed by atoms with Crippen LogP contribution in [0.5, 0.6) is 0 Å². The van der Waals surface area contributed by atoms with Crippen LogP contribution in [0.25, 0.3) is 0 Å². The van der Waals surface area contributed by atoms with Crippen LogP contribution in [0, 0.1) is 0 Å².